The molecular weight excluding hydrogens is 447 g/mol. The smallest absolute Gasteiger partial charge is 0.208 e. The van der Waals surface area contributed by atoms with Gasteiger partial charge in [0.15, 0.2) is 15.5 Å². The largest absolute Gasteiger partial charge is 0.744 e. The van der Waals surface area contributed by atoms with Gasteiger partial charge in [0, 0.05) is 12.1 Å². The standard InChI is InChI=1S/C18H13FOS.C7H8O3S/c19-14-11-12-18(17(20)13-14)21(15-7-3-1-4-8-15)16-9-5-2-6-10-16;1-6-2-4-7(5-3-6)11(8,9)10/h1-13H;2-5H,1H3,(H,8,9,10). The number of hydrogen-bond acceptors (Lipinski definition) is 4. The quantitative estimate of drug-likeness (QED) is 0.316. The van der Waals surface area contributed by atoms with E-state index < -0.39 is 26.8 Å². The molecule has 0 unspecified atom stereocenters. The van der Waals surface area contributed by atoms with Crippen LogP contribution in [0.3, 0.4) is 0 Å². The zero-order valence-corrected chi connectivity index (χ0v) is 18.8. The van der Waals surface area contributed by atoms with Crippen molar-refractivity contribution in [2.45, 2.75) is 26.5 Å². The van der Waals surface area contributed by atoms with Gasteiger partial charge < -0.3 is 9.66 Å². The molecule has 0 aliphatic carbocycles. The zero-order valence-electron chi connectivity index (χ0n) is 17.2. The van der Waals surface area contributed by atoms with E-state index in [2.05, 4.69) is 0 Å². The molecule has 4 aromatic rings. The van der Waals surface area contributed by atoms with Gasteiger partial charge in [0.2, 0.25) is 4.90 Å². The topological polar surface area (TPSA) is 77.4 Å². The molecule has 0 radical (unpaired) electrons. The van der Waals surface area contributed by atoms with Gasteiger partial charge in [0.25, 0.3) is 0 Å². The molecular formula is C25H21FO4S2. The minimum Gasteiger partial charge on any atom is -0.744 e. The molecule has 1 N–H and O–H groups in total. The van der Waals surface area contributed by atoms with Gasteiger partial charge in [0.05, 0.1) is 4.90 Å². The molecule has 4 rings (SSSR count). The molecule has 0 atom stereocenters. The van der Waals surface area contributed by atoms with E-state index in [0.717, 1.165) is 20.2 Å². The van der Waals surface area contributed by atoms with Gasteiger partial charge in [-0.1, -0.05) is 54.1 Å². The van der Waals surface area contributed by atoms with E-state index in [1.165, 1.54) is 24.3 Å². The van der Waals surface area contributed by atoms with E-state index >= 15 is 0 Å². The van der Waals surface area contributed by atoms with E-state index in [0.29, 0.717) is 0 Å². The van der Waals surface area contributed by atoms with Crippen molar-refractivity contribution >= 4 is 21.0 Å². The fourth-order valence-corrected chi connectivity index (χ4v) is 5.45. The number of rotatable bonds is 4. The lowest BCUT2D eigenvalue weighted by Crippen LogP contribution is -2.05. The number of benzene rings is 4. The average molecular weight is 469 g/mol. The molecule has 0 saturated carbocycles. The first-order valence-corrected chi connectivity index (χ1v) is 12.2. The molecule has 0 bridgehead atoms. The molecule has 0 heterocycles. The van der Waals surface area contributed by atoms with Crippen molar-refractivity contribution in [3.8, 4) is 5.75 Å². The molecule has 0 fully saturated rings. The Balaban J connectivity index is 0.000000222. The van der Waals surface area contributed by atoms with Crippen LogP contribution in [0.1, 0.15) is 5.56 Å². The monoisotopic (exact) mass is 468 g/mol. The maximum absolute atomic E-state index is 13.3. The minimum absolute atomic E-state index is 0.00830. The molecule has 32 heavy (non-hydrogen) atoms. The maximum atomic E-state index is 13.3. The lowest BCUT2D eigenvalue weighted by molar-refractivity contribution is 0.455. The molecule has 0 aliphatic rings. The van der Waals surface area contributed by atoms with Crippen molar-refractivity contribution in [2.75, 3.05) is 0 Å². The van der Waals surface area contributed by atoms with Gasteiger partial charge in [-0.25, -0.2) is 12.8 Å². The summed E-state index contributed by atoms with van der Waals surface area (Å²) in [6.45, 7) is 1.82. The van der Waals surface area contributed by atoms with E-state index in [1.807, 2.05) is 67.6 Å². The lowest BCUT2D eigenvalue weighted by Gasteiger charge is -2.09. The van der Waals surface area contributed by atoms with Crippen molar-refractivity contribution in [1.29, 1.82) is 0 Å². The van der Waals surface area contributed by atoms with E-state index in [-0.39, 0.29) is 10.6 Å². The Morgan fingerprint density at radius 1 is 0.781 bits per heavy atom. The second kappa shape index (κ2) is 10.5. The lowest BCUT2D eigenvalue weighted by atomic mass is 10.2. The molecule has 0 spiro atoms. The predicted molar refractivity (Wildman–Crippen MR) is 122 cm³/mol. The van der Waals surface area contributed by atoms with Crippen LogP contribution in [0, 0.1) is 12.7 Å². The Morgan fingerprint density at radius 2 is 1.28 bits per heavy atom. The highest BCUT2D eigenvalue weighted by molar-refractivity contribution is 7.97. The summed E-state index contributed by atoms with van der Waals surface area (Å²) < 4.78 is 44.4. The highest BCUT2D eigenvalue weighted by Gasteiger charge is 2.31. The van der Waals surface area contributed by atoms with Gasteiger partial charge in [-0.15, -0.1) is 0 Å². The fraction of sp³-hybridized carbons (Fsp3) is 0.0400. The summed E-state index contributed by atoms with van der Waals surface area (Å²) in [4.78, 5) is 2.73. The first-order chi connectivity index (χ1) is 15.3. The Hall–Kier alpha value is -3.13. The number of halogens is 1. The highest BCUT2D eigenvalue weighted by atomic mass is 32.2. The summed E-state index contributed by atoms with van der Waals surface area (Å²) in [5.41, 5.74) is 0.928. The third-order valence-corrected chi connectivity index (χ3v) is 7.53. The van der Waals surface area contributed by atoms with Crippen LogP contribution in [0.4, 0.5) is 4.39 Å². The normalized spacial score (nSPS) is 11.0. The maximum Gasteiger partial charge on any atom is 0.208 e. The van der Waals surface area contributed by atoms with Crippen LogP contribution in [0.25, 0.3) is 0 Å². The molecule has 7 heteroatoms. The molecule has 0 saturated heterocycles. The van der Waals surface area contributed by atoms with Crippen LogP contribution < -0.4 is 0 Å². The third-order valence-electron chi connectivity index (χ3n) is 4.41. The molecule has 0 aromatic heterocycles. The first kappa shape index (κ1) is 23.5. The summed E-state index contributed by atoms with van der Waals surface area (Å²) in [5.74, 6) is -0.438. The van der Waals surface area contributed by atoms with Gasteiger partial charge in [-0.2, -0.15) is 0 Å². The summed E-state index contributed by atoms with van der Waals surface area (Å²) in [5, 5.41) is 10.2. The Morgan fingerprint density at radius 3 is 1.72 bits per heavy atom. The summed E-state index contributed by atoms with van der Waals surface area (Å²) >= 11 is 0. The van der Waals surface area contributed by atoms with Crippen LogP contribution in [0.15, 0.2) is 123 Å². The second-order valence-corrected chi connectivity index (χ2v) is 10.2. The second-order valence-electron chi connectivity index (χ2n) is 6.81. The van der Waals surface area contributed by atoms with Gasteiger partial charge >= 0.3 is 0 Å². The number of phenols is 1. The fourth-order valence-electron chi connectivity index (χ4n) is 2.87. The summed E-state index contributed by atoms with van der Waals surface area (Å²) in [6.07, 6.45) is 0. The van der Waals surface area contributed by atoms with Crippen molar-refractivity contribution in [1.82, 2.24) is 0 Å². The van der Waals surface area contributed by atoms with Gasteiger partial charge in [0.1, 0.15) is 26.8 Å². The molecule has 0 amide bonds. The summed E-state index contributed by atoms with van der Waals surface area (Å²) in [6, 6.07) is 29.9. The minimum atomic E-state index is -4.27. The average Bonchev–Trinajstić information content (AvgIpc) is 2.77. The zero-order chi connectivity index (χ0) is 23.1. The number of phenolic OH excluding ortho intramolecular Hbond substituents is 1. The summed E-state index contributed by atoms with van der Waals surface area (Å²) in [7, 11) is -4.72. The van der Waals surface area contributed by atoms with E-state index in [1.54, 1.807) is 18.2 Å². The van der Waals surface area contributed by atoms with Crippen molar-refractivity contribution in [2.24, 2.45) is 0 Å². The Labute approximate surface area is 190 Å². The van der Waals surface area contributed by atoms with E-state index in [4.69, 9.17) is 0 Å². The van der Waals surface area contributed by atoms with Crippen molar-refractivity contribution < 1.29 is 22.5 Å². The van der Waals surface area contributed by atoms with Crippen LogP contribution in [0.5, 0.6) is 5.75 Å². The predicted octanol–water partition coefficient (Wildman–Crippen LogP) is 5.53. The van der Waals surface area contributed by atoms with Gasteiger partial charge in [-0.3, -0.25) is 0 Å². The third kappa shape index (κ3) is 6.20. The van der Waals surface area contributed by atoms with Crippen molar-refractivity contribution in [3.05, 3.63) is 115 Å². The van der Waals surface area contributed by atoms with Crippen molar-refractivity contribution in [3.63, 3.8) is 0 Å². The van der Waals surface area contributed by atoms with Crippen LogP contribution in [-0.2, 0) is 21.0 Å². The first-order valence-electron chi connectivity index (χ1n) is 9.61. The Bertz CT molecular complexity index is 1220. The Kier molecular flexibility index (Phi) is 7.69. The molecule has 4 nitrogen and oxygen atoms in total. The number of aromatic hydroxyl groups is 1. The van der Waals surface area contributed by atoms with E-state index in [9.17, 15) is 22.5 Å². The van der Waals surface area contributed by atoms with Crippen LogP contribution in [-0.4, -0.2) is 18.1 Å². The number of hydrogen-bond donors (Lipinski definition) is 1. The molecule has 0 aliphatic heterocycles. The number of aryl methyl sites for hydroxylation is 1. The van der Waals surface area contributed by atoms with Gasteiger partial charge in [-0.05, 0) is 49.4 Å². The highest BCUT2D eigenvalue weighted by Crippen LogP contribution is 2.36. The molecule has 164 valence electrons. The van der Waals surface area contributed by atoms with Crippen LogP contribution in [0.2, 0.25) is 0 Å². The van der Waals surface area contributed by atoms with Crippen LogP contribution >= 0.6 is 0 Å². The SMILES string of the molecule is Cc1ccc(S(=O)(=O)[O-])cc1.Oc1cc(F)ccc1[S+](c1ccccc1)c1ccccc1. The molecule has 4 aromatic carbocycles.